The molecule has 2 aliphatic rings. The highest BCUT2D eigenvalue weighted by Crippen LogP contribution is 2.38. The zero-order valence-corrected chi connectivity index (χ0v) is 14.2. The fraction of sp³-hybridized carbons (Fsp3) is 0.667. The molecule has 1 saturated heterocycles. The number of amidine groups is 1. The lowest BCUT2D eigenvalue weighted by Gasteiger charge is -2.35. The van der Waals surface area contributed by atoms with Gasteiger partial charge in [-0.2, -0.15) is 0 Å². The molecule has 0 radical (unpaired) electrons. The first-order valence-electron chi connectivity index (χ1n) is 7.35. The zero-order valence-electron chi connectivity index (χ0n) is 11.8. The number of thiophene rings is 1. The minimum absolute atomic E-state index is 0.349. The molecule has 2 nitrogen and oxygen atoms in total. The molecular weight excluding hydrogens is 308 g/mol. The van der Waals surface area contributed by atoms with E-state index in [1.54, 1.807) is 11.3 Å². The summed E-state index contributed by atoms with van der Waals surface area (Å²) in [6, 6.07) is 4.07. The molecule has 0 amide bonds. The molecule has 0 bridgehead atoms. The van der Waals surface area contributed by atoms with Crippen LogP contribution in [0.5, 0.6) is 0 Å². The van der Waals surface area contributed by atoms with Crippen LogP contribution in [-0.4, -0.2) is 23.0 Å². The van der Waals surface area contributed by atoms with E-state index in [0.717, 1.165) is 28.4 Å². The molecule has 0 unspecified atom stereocenters. The summed E-state index contributed by atoms with van der Waals surface area (Å²) in [5.41, 5.74) is 0.349. The molecule has 1 spiro atoms. The van der Waals surface area contributed by atoms with Crippen molar-refractivity contribution in [2.24, 2.45) is 10.9 Å². The summed E-state index contributed by atoms with van der Waals surface area (Å²) in [6.07, 6.45) is 6.32. The Morgan fingerprint density at radius 1 is 1.40 bits per heavy atom. The normalized spacial score (nSPS) is 31.9. The third kappa shape index (κ3) is 3.52. The molecule has 0 atom stereocenters. The van der Waals surface area contributed by atoms with Gasteiger partial charge in [0.15, 0.2) is 5.17 Å². The molecule has 2 fully saturated rings. The van der Waals surface area contributed by atoms with Gasteiger partial charge in [0.1, 0.15) is 0 Å². The van der Waals surface area contributed by atoms with Gasteiger partial charge in [-0.05, 0) is 43.7 Å². The predicted octanol–water partition coefficient (Wildman–Crippen LogP) is 4.59. The van der Waals surface area contributed by atoms with Gasteiger partial charge < -0.3 is 5.32 Å². The van der Waals surface area contributed by atoms with E-state index in [4.69, 9.17) is 16.6 Å². The van der Waals surface area contributed by atoms with Crippen LogP contribution in [0, 0.1) is 5.92 Å². The Kier molecular flexibility index (Phi) is 4.63. The summed E-state index contributed by atoms with van der Waals surface area (Å²) < 4.78 is 0.872. The maximum atomic E-state index is 5.94. The SMILES string of the molecule is CC1CCC2(CC1)CSC(=NCCc1ccc(Cl)s1)N2. The molecule has 1 N–H and O–H groups in total. The molecule has 110 valence electrons. The van der Waals surface area contributed by atoms with E-state index in [0.29, 0.717) is 5.54 Å². The Balaban J connectivity index is 1.50. The minimum atomic E-state index is 0.349. The van der Waals surface area contributed by atoms with Crippen LogP contribution in [0.1, 0.15) is 37.5 Å². The Morgan fingerprint density at radius 3 is 2.90 bits per heavy atom. The van der Waals surface area contributed by atoms with Crippen LogP contribution in [0.25, 0.3) is 0 Å². The van der Waals surface area contributed by atoms with E-state index in [-0.39, 0.29) is 0 Å². The third-order valence-electron chi connectivity index (χ3n) is 4.33. The van der Waals surface area contributed by atoms with Crippen molar-refractivity contribution < 1.29 is 0 Å². The van der Waals surface area contributed by atoms with Gasteiger partial charge in [0, 0.05) is 29.1 Å². The van der Waals surface area contributed by atoms with Gasteiger partial charge in [-0.25, -0.2) is 0 Å². The topological polar surface area (TPSA) is 24.4 Å². The zero-order chi connectivity index (χ0) is 14.0. The number of nitrogens with one attached hydrogen (secondary N) is 1. The van der Waals surface area contributed by atoms with Crippen LogP contribution in [0.15, 0.2) is 17.1 Å². The molecule has 5 heteroatoms. The second-order valence-corrected chi connectivity index (χ2v) is 8.78. The van der Waals surface area contributed by atoms with Crippen LogP contribution >= 0.6 is 34.7 Å². The number of thioether (sulfide) groups is 1. The van der Waals surface area contributed by atoms with Crippen molar-refractivity contribution in [1.82, 2.24) is 5.32 Å². The van der Waals surface area contributed by atoms with Gasteiger partial charge in [0.2, 0.25) is 0 Å². The molecule has 2 heterocycles. The fourth-order valence-corrected chi connectivity index (χ4v) is 5.25. The standard InChI is InChI=1S/C15H21ClN2S2/c1-11-4-7-15(8-5-11)10-19-14(18-15)17-9-6-12-2-3-13(16)20-12/h2-3,11H,4-10H2,1H3,(H,17,18). The summed E-state index contributed by atoms with van der Waals surface area (Å²) in [5, 5.41) is 4.86. The van der Waals surface area contributed by atoms with Crippen molar-refractivity contribution in [3.05, 3.63) is 21.3 Å². The molecule has 1 aromatic rings. The average molecular weight is 329 g/mol. The number of rotatable bonds is 3. The highest BCUT2D eigenvalue weighted by Gasteiger charge is 2.39. The van der Waals surface area contributed by atoms with E-state index in [9.17, 15) is 0 Å². The number of aliphatic imine (C=N–C) groups is 1. The second-order valence-electron chi connectivity index (χ2n) is 6.02. The maximum absolute atomic E-state index is 5.94. The van der Waals surface area contributed by atoms with Gasteiger partial charge in [-0.15, -0.1) is 11.3 Å². The van der Waals surface area contributed by atoms with Gasteiger partial charge >= 0.3 is 0 Å². The van der Waals surface area contributed by atoms with Crippen LogP contribution in [0.2, 0.25) is 4.34 Å². The monoisotopic (exact) mass is 328 g/mol. The summed E-state index contributed by atoms with van der Waals surface area (Å²) in [7, 11) is 0. The first-order chi connectivity index (χ1) is 9.65. The highest BCUT2D eigenvalue weighted by molar-refractivity contribution is 8.14. The first kappa shape index (κ1) is 14.7. The van der Waals surface area contributed by atoms with Gasteiger partial charge in [-0.1, -0.05) is 30.3 Å². The van der Waals surface area contributed by atoms with Gasteiger partial charge in [-0.3, -0.25) is 4.99 Å². The maximum Gasteiger partial charge on any atom is 0.157 e. The quantitative estimate of drug-likeness (QED) is 0.877. The van der Waals surface area contributed by atoms with Gasteiger partial charge in [0.25, 0.3) is 0 Å². The average Bonchev–Trinajstić information content (AvgIpc) is 3.02. The molecular formula is C15H21ClN2S2. The van der Waals surface area contributed by atoms with Gasteiger partial charge in [0.05, 0.1) is 4.34 Å². The lowest BCUT2D eigenvalue weighted by molar-refractivity contribution is 0.251. The summed E-state index contributed by atoms with van der Waals surface area (Å²) in [4.78, 5) is 6.05. The summed E-state index contributed by atoms with van der Waals surface area (Å²) in [5.74, 6) is 2.10. The van der Waals surface area contributed by atoms with Crippen LogP contribution in [-0.2, 0) is 6.42 Å². The largest absolute Gasteiger partial charge is 0.359 e. The van der Waals surface area contributed by atoms with E-state index in [1.165, 1.54) is 36.3 Å². The molecule has 0 aromatic carbocycles. The van der Waals surface area contributed by atoms with E-state index >= 15 is 0 Å². The smallest absolute Gasteiger partial charge is 0.157 e. The van der Waals surface area contributed by atoms with Crippen LogP contribution in [0.4, 0.5) is 0 Å². The van der Waals surface area contributed by atoms with E-state index in [2.05, 4.69) is 18.3 Å². The third-order valence-corrected chi connectivity index (χ3v) is 6.82. The summed E-state index contributed by atoms with van der Waals surface area (Å²) >= 11 is 9.51. The Hall–Kier alpha value is -0.190. The lowest BCUT2D eigenvalue weighted by Crippen LogP contribution is -2.46. The molecule has 1 aliphatic heterocycles. The lowest BCUT2D eigenvalue weighted by atomic mass is 9.78. The Morgan fingerprint density at radius 2 is 2.20 bits per heavy atom. The first-order valence-corrected chi connectivity index (χ1v) is 9.53. The highest BCUT2D eigenvalue weighted by atomic mass is 35.5. The Bertz CT molecular complexity index is 490. The van der Waals surface area contributed by atoms with Crippen molar-refractivity contribution >= 4 is 39.9 Å². The number of nitrogens with zero attached hydrogens (tertiary/aromatic N) is 1. The van der Waals surface area contributed by atoms with E-state index < -0.39 is 0 Å². The van der Waals surface area contributed by atoms with Crippen molar-refractivity contribution in [3.8, 4) is 0 Å². The molecule has 1 aromatic heterocycles. The van der Waals surface area contributed by atoms with Crippen molar-refractivity contribution in [3.63, 3.8) is 0 Å². The predicted molar refractivity (Wildman–Crippen MR) is 91.3 cm³/mol. The molecule has 3 rings (SSSR count). The minimum Gasteiger partial charge on any atom is -0.359 e. The van der Waals surface area contributed by atoms with Crippen molar-refractivity contribution in [2.75, 3.05) is 12.3 Å². The van der Waals surface area contributed by atoms with Crippen molar-refractivity contribution in [2.45, 2.75) is 44.6 Å². The molecule has 1 aliphatic carbocycles. The Labute approximate surface area is 134 Å². The molecule has 1 saturated carbocycles. The molecule has 20 heavy (non-hydrogen) atoms. The van der Waals surface area contributed by atoms with Crippen LogP contribution < -0.4 is 5.32 Å². The number of hydrogen-bond acceptors (Lipinski definition) is 3. The number of hydrogen-bond donors (Lipinski definition) is 1. The second kappa shape index (κ2) is 6.29. The van der Waals surface area contributed by atoms with E-state index in [1.807, 2.05) is 17.8 Å². The summed E-state index contributed by atoms with van der Waals surface area (Å²) in [6.45, 7) is 3.23. The van der Waals surface area contributed by atoms with Crippen molar-refractivity contribution in [1.29, 1.82) is 0 Å². The van der Waals surface area contributed by atoms with Crippen LogP contribution in [0.3, 0.4) is 0 Å². The number of halogens is 1. The fourth-order valence-electron chi connectivity index (χ4n) is 2.93.